The molecule has 126 valence electrons. The lowest BCUT2D eigenvalue weighted by atomic mass is 10.2. The normalized spacial score (nSPS) is 17.1. The molecule has 2 rings (SSSR count). The molecule has 1 fully saturated rings. The molecule has 0 aromatic carbocycles. The Morgan fingerprint density at radius 3 is 2.48 bits per heavy atom. The van der Waals surface area contributed by atoms with E-state index in [1.165, 1.54) is 12.8 Å². The summed E-state index contributed by atoms with van der Waals surface area (Å²) in [5.41, 5.74) is 0.717. The molecule has 1 aliphatic heterocycles. The second kappa shape index (κ2) is 9.25. The zero-order valence-electron chi connectivity index (χ0n) is 13.8. The number of likely N-dealkylation sites (tertiary alicyclic amines) is 1. The van der Waals surface area contributed by atoms with Gasteiger partial charge in [0, 0.05) is 31.0 Å². The van der Waals surface area contributed by atoms with Gasteiger partial charge >= 0.3 is 0 Å². The number of rotatable bonds is 6. The van der Waals surface area contributed by atoms with Crippen LogP contribution >= 0.6 is 0 Å². The number of pyridine rings is 1. The van der Waals surface area contributed by atoms with Crippen LogP contribution in [-0.4, -0.2) is 47.4 Å². The summed E-state index contributed by atoms with van der Waals surface area (Å²) in [6.07, 6.45) is 8.33. The fourth-order valence-corrected chi connectivity index (χ4v) is 2.75. The molecule has 1 saturated heterocycles. The Labute approximate surface area is 137 Å². The van der Waals surface area contributed by atoms with Gasteiger partial charge in [0.2, 0.25) is 11.8 Å². The Morgan fingerprint density at radius 1 is 1.17 bits per heavy atom. The molecule has 23 heavy (non-hydrogen) atoms. The molecule has 0 saturated carbocycles. The zero-order chi connectivity index (χ0) is 16.5. The Morgan fingerprint density at radius 2 is 1.83 bits per heavy atom. The molecule has 1 aromatic heterocycles. The smallest absolute Gasteiger partial charge is 0.237 e. The van der Waals surface area contributed by atoms with E-state index >= 15 is 0 Å². The number of hydrogen-bond donors (Lipinski definition) is 2. The standard InChI is InChI=1S/C17H26N4O2/c1-14(21-12-4-2-3-5-13-21)17(23)19-11-8-16(22)20-15-6-9-18-10-7-15/h6-7,9-10,14H,2-5,8,11-13H2,1H3,(H,19,23)(H,18,20,22)/t14-/m0/s1. The van der Waals surface area contributed by atoms with E-state index in [9.17, 15) is 9.59 Å². The molecule has 0 unspecified atom stereocenters. The molecule has 6 heteroatoms. The van der Waals surface area contributed by atoms with Crippen molar-refractivity contribution in [1.29, 1.82) is 0 Å². The molecule has 6 nitrogen and oxygen atoms in total. The van der Waals surface area contributed by atoms with Gasteiger partial charge in [-0.3, -0.25) is 19.5 Å². The number of carbonyl (C=O) groups excluding carboxylic acids is 2. The van der Waals surface area contributed by atoms with E-state index in [0.717, 1.165) is 25.9 Å². The molecule has 1 atom stereocenters. The van der Waals surface area contributed by atoms with E-state index in [1.54, 1.807) is 24.5 Å². The van der Waals surface area contributed by atoms with Crippen molar-refractivity contribution in [2.24, 2.45) is 0 Å². The second-order valence-electron chi connectivity index (χ2n) is 5.95. The maximum atomic E-state index is 12.2. The van der Waals surface area contributed by atoms with Crippen LogP contribution in [0.25, 0.3) is 0 Å². The van der Waals surface area contributed by atoms with Crippen LogP contribution in [0.15, 0.2) is 24.5 Å². The minimum atomic E-state index is -0.128. The molecule has 1 aromatic rings. The Kier molecular flexibility index (Phi) is 7.00. The minimum Gasteiger partial charge on any atom is -0.354 e. The Hall–Kier alpha value is -1.95. The summed E-state index contributed by atoms with van der Waals surface area (Å²) in [5.74, 6) is -0.109. The number of aromatic nitrogens is 1. The Bertz CT molecular complexity index is 499. The van der Waals surface area contributed by atoms with Gasteiger partial charge in [-0.2, -0.15) is 0 Å². The molecular weight excluding hydrogens is 292 g/mol. The highest BCUT2D eigenvalue weighted by Crippen LogP contribution is 2.12. The van der Waals surface area contributed by atoms with Crippen LogP contribution in [0.4, 0.5) is 5.69 Å². The molecule has 2 amide bonds. The zero-order valence-corrected chi connectivity index (χ0v) is 13.8. The molecule has 2 N–H and O–H groups in total. The van der Waals surface area contributed by atoms with Gasteiger partial charge in [-0.1, -0.05) is 12.8 Å². The summed E-state index contributed by atoms with van der Waals surface area (Å²) < 4.78 is 0. The van der Waals surface area contributed by atoms with Crippen LogP contribution in [0.5, 0.6) is 0 Å². The van der Waals surface area contributed by atoms with Gasteiger partial charge in [0.25, 0.3) is 0 Å². The number of carbonyl (C=O) groups is 2. The third-order valence-electron chi connectivity index (χ3n) is 4.18. The molecular formula is C17H26N4O2. The quantitative estimate of drug-likeness (QED) is 0.838. The maximum absolute atomic E-state index is 12.2. The highest BCUT2D eigenvalue weighted by atomic mass is 16.2. The average molecular weight is 318 g/mol. The van der Waals surface area contributed by atoms with Gasteiger partial charge in [0.1, 0.15) is 0 Å². The lowest BCUT2D eigenvalue weighted by molar-refractivity contribution is -0.126. The maximum Gasteiger partial charge on any atom is 0.237 e. The van der Waals surface area contributed by atoms with E-state index in [2.05, 4.69) is 20.5 Å². The number of anilines is 1. The van der Waals surface area contributed by atoms with Gasteiger partial charge in [-0.25, -0.2) is 0 Å². The first-order valence-electron chi connectivity index (χ1n) is 8.38. The fraction of sp³-hybridized carbons (Fsp3) is 0.588. The summed E-state index contributed by atoms with van der Waals surface area (Å²) in [6, 6.07) is 3.34. The van der Waals surface area contributed by atoms with E-state index in [4.69, 9.17) is 0 Å². The molecule has 0 aliphatic carbocycles. The molecule has 2 heterocycles. The first-order valence-corrected chi connectivity index (χ1v) is 8.38. The van der Waals surface area contributed by atoms with Gasteiger partial charge in [0.15, 0.2) is 0 Å². The first-order chi connectivity index (χ1) is 11.2. The van der Waals surface area contributed by atoms with Crippen LogP contribution in [0.2, 0.25) is 0 Å². The van der Waals surface area contributed by atoms with Crippen molar-refractivity contribution in [2.45, 2.75) is 45.1 Å². The molecule has 0 radical (unpaired) electrons. The summed E-state index contributed by atoms with van der Waals surface area (Å²) in [6.45, 7) is 4.26. The van der Waals surface area contributed by atoms with Crippen molar-refractivity contribution < 1.29 is 9.59 Å². The number of amides is 2. The number of nitrogens with one attached hydrogen (secondary N) is 2. The predicted molar refractivity (Wildman–Crippen MR) is 90.0 cm³/mol. The van der Waals surface area contributed by atoms with Crippen molar-refractivity contribution in [3.63, 3.8) is 0 Å². The van der Waals surface area contributed by atoms with E-state index in [0.29, 0.717) is 12.2 Å². The van der Waals surface area contributed by atoms with E-state index < -0.39 is 0 Å². The highest BCUT2D eigenvalue weighted by Gasteiger charge is 2.21. The number of hydrogen-bond acceptors (Lipinski definition) is 4. The van der Waals surface area contributed by atoms with Crippen LogP contribution in [0, 0.1) is 0 Å². The average Bonchev–Trinajstić information content (AvgIpc) is 2.84. The van der Waals surface area contributed by atoms with Crippen LogP contribution in [0.1, 0.15) is 39.0 Å². The molecule has 1 aliphatic rings. The van der Waals surface area contributed by atoms with Crippen LogP contribution in [0.3, 0.4) is 0 Å². The number of nitrogens with zero attached hydrogens (tertiary/aromatic N) is 2. The highest BCUT2D eigenvalue weighted by molar-refractivity contribution is 5.91. The Balaban J connectivity index is 1.68. The topological polar surface area (TPSA) is 74.3 Å². The first kappa shape index (κ1) is 17.4. The summed E-state index contributed by atoms with van der Waals surface area (Å²) in [7, 11) is 0. The monoisotopic (exact) mass is 318 g/mol. The lowest BCUT2D eigenvalue weighted by Crippen LogP contribution is -2.46. The summed E-state index contributed by atoms with van der Waals surface area (Å²) >= 11 is 0. The van der Waals surface area contributed by atoms with Gasteiger partial charge < -0.3 is 10.6 Å². The molecule has 0 bridgehead atoms. The van der Waals surface area contributed by atoms with Crippen molar-refractivity contribution in [3.8, 4) is 0 Å². The second-order valence-corrected chi connectivity index (χ2v) is 5.95. The van der Waals surface area contributed by atoms with Gasteiger partial charge in [0.05, 0.1) is 6.04 Å². The SMILES string of the molecule is C[C@@H](C(=O)NCCC(=O)Nc1ccncc1)N1CCCCCC1. The van der Waals surface area contributed by atoms with Gasteiger partial charge in [-0.15, -0.1) is 0 Å². The van der Waals surface area contributed by atoms with E-state index in [-0.39, 0.29) is 24.3 Å². The predicted octanol–water partition coefficient (Wildman–Crippen LogP) is 1.79. The van der Waals surface area contributed by atoms with Gasteiger partial charge in [-0.05, 0) is 45.0 Å². The van der Waals surface area contributed by atoms with Crippen molar-refractivity contribution >= 4 is 17.5 Å². The van der Waals surface area contributed by atoms with Crippen molar-refractivity contribution in [2.75, 3.05) is 25.0 Å². The van der Waals surface area contributed by atoms with Crippen molar-refractivity contribution in [1.82, 2.24) is 15.2 Å². The third-order valence-corrected chi connectivity index (χ3v) is 4.18. The fourth-order valence-electron chi connectivity index (χ4n) is 2.75. The summed E-state index contributed by atoms with van der Waals surface area (Å²) in [5, 5.41) is 5.64. The minimum absolute atomic E-state index is 0.00334. The van der Waals surface area contributed by atoms with Crippen LogP contribution < -0.4 is 10.6 Å². The summed E-state index contributed by atoms with van der Waals surface area (Å²) in [4.78, 5) is 30.2. The van der Waals surface area contributed by atoms with Crippen LogP contribution in [-0.2, 0) is 9.59 Å². The largest absolute Gasteiger partial charge is 0.354 e. The van der Waals surface area contributed by atoms with Crippen molar-refractivity contribution in [3.05, 3.63) is 24.5 Å². The van der Waals surface area contributed by atoms with E-state index in [1.807, 2.05) is 6.92 Å². The molecule has 0 spiro atoms. The lowest BCUT2D eigenvalue weighted by Gasteiger charge is -2.26. The third kappa shape index (κ3) is 5.98.